The van der Waals surface area contributed by atoms with Crippen LogP contribution in [0.25, 0.3) is 5.76 Å². The second kappa shape index (κ2) is 12.8. The monoisotopic (exact) mass is 609 g/mol. The van der Waals surface area contributed by atoms with Crippen molar-refractivity contribution < 1.29 is 23.8 Å². The van der Waals surface area contributed by atoms with E-state index >= 15 is 4.39 Å². The lowest BCUT2D eigenvalue weighted by molar-refractivity contribution is -0.132. The number of thioether (sulfide) groups is 1. The Balaban J connectivity index is 1.49. The summed E-state index contributed by atoms with van der Waals surface area (Å²) in [6, 6.07) is 18.5. The second-order valence-corrected chi connectivity index (χ2v) is 11.8. The highest BCUT2D eigenvalue weighted by atomic mass is 35.5. The maximum absolute atomic E-state index is 15.2. The number of halogens is 2. The van der Waals surface area contributed by atoms with E-state index in [9.17, 15) is 14.7 Å². The number of aromatic nitrogens is 2. The van der Waals surface area contributed by atoms with Crippen LogP contribution >= 0.6 is 34.7 Å². The van der Waals surface area contributed by atoms with E-state index in [1.54, 1.807) is 42.5 Å². The van der Waals surface area contributed by atoms with Gasteiger partial charge in [-0.15, -0.1) is 10.2 Å². The smallest absolute Gasteiger partial charge is 0.301 e. The molecular formula is C30H25ClFN3O4S2. The van der Waals surface area contributed by atoms with Gasteiger partial charge in [-0.2, -0.15) is 0 Å². The Morgan fingerprint density at radius 1 is 1.07 bits per heavy atom. The summed E-state index contributed by atoms with van der Waals surface area (Å²) in [5.74, 6) is -1.72. The highest BCUT2D eigenvalue weighted by molar-refractivity contribution is 8.00. The average Bonchev–Trinajstić information content (AvgIpc) is 3.55. The Labute approximate surface area is 249 Å². The first-order valence-corrected chi connectivity index (χ1v) is 15.0. The van der Waals surface area contributed by atoms with Crippen molar-refractivity contribution in [1.82, 2.24) is 10.2 Å². The third-order valence-electron chi connectivity index (χ3n) is 6.42. The standard InChI is InChI=1S/C30H25ClFN3O4S2/c1-2-3-16-39-21-14-10-19(11-15-21)26(36)24-25(22-6-4-5-7-23(22)32)35(28(38)27(24)37)29-33-34-30(41-29)40-17-18-8-12-20(31)13-9-18/h4-15,25,36H,2-3,16-17H2,1H3/t25-/m1/s1. The third kappa shape index (κ3) is 6.29. The van der Waals surface area contributed by atoms with Crippen LogP contribution in [-0.4, -0.2) is 33.6 Å². The van der Waals surface area contributed by atoms with E-state index in [-0.39, 0.29) is 16.3 Å². The molecule has 1 saturated heterocycles. The molecule has 4 aromatic rings. The van der Waals surface area contributed by atoms with Crippen LogP contribution in [0.5, 0.6) is 5.75 Å². The predicted octanol–water partition coefficient (Wildman–Crippen LogP) is 7.43. The largest absolute Gasteiger partial charge is 0.507 e. The number of carbonyl (C=O) groups excluding carboxylic acids is 2. The molecule has 0 aliphatic carbocycles. The van der Waals surface area contributed by atoms with Crippen LogP contribution in [0.3, 0.4) is 0 Å². The lowest BCUT2D eigenvalue weighted by Crippen LogP contribution is -2.29. The fraction of sp³-hybridized carbons (Fsp3) is 0.200. The molecule has 5 rings (SSSR count). The minimum atomic E-state index is -1.24. The van der Waals surface area contributed by atoms with Crippen LogP contribution < -0.4 is 9.64 Å². The van der Waals surface area contributed by atoms with Gasteiger partial charge in [-0.25, -0.2) is 4.39 Å². The molecule has 11 heteroatoms. The molecule has 2 heterocycles. The zero-order chi connectivity index (χ0) is 28.9. The maximum atomic E-state index is 15.2. The summed E-state index contributed by atoms with van der Waals surface area (Å²) in [4.78, 5) is 27.9. The first kappa shape index (κ1) is 28.8. The zero-order valence-electron chi connectivity index (χ0n) is 21.9. The molecule has 1 aliphatic rings. The number of hydrogen-bond acceptors (Lipinski definition) is 8. The Morgan fingerprint density at radius 2 is 1.80 bits per heavy atom. The van der Waals surface area contributed by atoms with Gasteiger partial charge >= 0.3 is 5.91 Å². The van der Waals surface area contributed by atoms with E-state index in [1.807, 2.05) is 12.1 Å². The van der Waals surface area contributed by atoms with E-state index in [4.69, 9.17) is 16.3 Å². The normalized spacial score (nSPS) is 16.4. The number of carbonyl (C=O) groups is 2. The molecule has 0 unspecified atom stereocenters. The van der Waals surface area contributed by atoms with Gasteiger partial charge in [0.2, 0.25) is 5.13 Å². The number of ketones is 1. The van der Waals surface area contributed by atoms with Gasteiger partial charge in [-0.3, -0.25) is 14.5 Å². The van der Waals surface area contributed by atoms with Gasteiger partial charge in [0.1, 0.15) is 23.4 Å². The van der Waals surface area contributed by atoms with Crippen LogP contribution in [0.4, 0.5) is 9.52 Å². The number of Topliss-reactive ketones (excluding diaryl/α,β-unsaturated/α-hetero) is 1. The van der Waals surface area contributed by atoms with Gasteiger partial charge in [-0.05, 0) is 54.4 Å². The number of ether oxygens (including phenoxy) is 1. The Bertz CT molecular complexity index is 1590. The van der Waals surface area contributed by atoms with E-state index in [0.717, 1.165) is 34.6 Å². The summed E-state index contributed by atoms with van der Waals surface area (Å²) in [5.41, 5.74) is 1.14. The summed E-state index contributed by atoms with van der Waals surface area (Å²) < 4.78 is 21.4. The summed E-state index contributed by atoms with van der Waals surface area (Å²) in [6.07, 6.45) is 1.90. The summed E-state index contributed by atoms with van der Waals surface area (Å²) in [7, 11) is 0. The highest BCUT2D eigenvalue weighted by Crippen LogP contribution is 2.44. The number of aliphatic hydroxyl groups excluding tert-OH is 1. The van der Waals surface area contributed by atoms with E-state index < -0.39 is 29.3 Å². The zero-order valence-corrected chi connectivity index (χ0v) is 24.3. The van der Waals surface area contributed by atoms with Gasteiger partial charge in [0, 0.05) is 21.9 Å². The second-order valence-electron chi connectivity index (χ2n) is 9.18. The van der Waals surface area contributed by atoms with E-state index in [2.05, 4.69) is 17.1 Å². The average molecular weight is 610 g/mol. The van der Waals surface area contributed by atoms with Crippen molar-refractivity contribution in [2.24, 2.45) is 0 Å². The molecule has 1 aliphatic heterocycles. The molecule has 0 radical (unpaired) electrons. The molecular weight excluding hydrogens is 585 g/mol. The highest BCUT2D eigenvalue weighted by Gasteiger charge is 2.49. The number of benzene rings is 3. The Kier molecular flexibility index (Phi) is 9.02. The summed E-state index contributed by atoms with van der Waals surface area (Å²) in [5, 5.41) is 20.4. The summed E-state index contributed by atoms with van der Waals surface area (Å²) in [6.45, 7) is 2.62. The summed E-state index contributed by atoms with van der Waals surface area (Å²) >= 11 is 8.48. The van der Waals surface area contributed by atoms with Gasteiger partial charge in [0.15, 0.2) is 4.34 Å². The molecule has 0 saturated carbocycles. The predicted molar refractivity (Wildman–Crippen MR) is 159 cm³/mol. The minimum Gasteiger partial charge on any atom is -0.507 e. The first-order chi connectivity index (χ1) is 19.9. The number of aliphatic hydroxyl groups is 1. The lowest BCUT2D eigenvalue weighted by atomic mass is 9.95. The quantitative estimate of drug-likeness (QED) is 0.0499. The third-order valence-corrected chi connectivity index (χ3v) is 8.80. The number of anilines is 1. The first-order valence-electron chi connectivity index (χ1n) is 12.9. The SMILES string of the molecule is CCCCOc1ccc(C(O)=C2C(=O)C(=O)N(c3nnc(SCc4ccc(Cl)cc4)s3)[C@@H]2c2ccccc2F)cc1. The van der Waals surface area contributed by atoms with Crippen LogP contribution in [0.15, 0.2) is 82.7 Å². The number of hydrogen-bond donors (Lipinski definition) is 1. The van der Waals surface area contributed by atoms with E-state index in [1.165, 1.54) is 30.0 Å². The molecule has 1 fully saturated rings. The molecule has 41 heavy (non-hydrogen) atoms. The van der Waals surface area contributed by atoms with Crippen LogP contribution in [-0.2, 0) is 15.3 Å². The number of amides is 1. The Morgan fingerprint density at radius 3 is 2.51 bits per heavy atom. The molecule has 7 nitrogen and oxygen atoms in total. The topological polar surface area (TPSA) is 92.6 Å². The van der Waals surface area contributed by atoms with Gasteiger partial charge in [0.05, 0.1) is 12.2 Å². The molecule has 0 spiro atoms. The molecule has 1 N–H and O–H groups in total. The molecule has 3 aromatic carbocycles. The van der Waals surface area contributed by atoms with Crippen molar-refractivity contribution in [2.45, 2.75) is 35.9 Å². The number of unbranched alkanes of at least 4 members (excludes halogenated alkanes) is 1. The fourth-order valence-electron chi connectivity index (χ4n) is 4.30. The molecule has 0 bridgehead atoms. The molecule has 1 amide bonds. The van der Waals surface area contributed by atoms with Crippen molar-refractivity contribution >= 4 is 57.3 Å². The van der Waals surface area contributed by atoms with Crippen molar-refractivity contribution in [1.29, 1.82) is 0 Å². The van der Waals surface area contributed by atoms with Crippen LogP contribution in [0.2, 0.25) is 5.02 Å². The van der Waals surface area contributed by atoms with Gasteiger partial charge in [-0.1, -0.05) is 78.4 Å². The maximum Gasteiger partial charge on any atom is 0.301 e. The van der Waals surface area contributed by atoms with Crippen molar-refractivity contribution in [3.05, 3.63) is 106 Å². The van der Waals surface area contributed by atoms with Gasteiger partial charge in [0.25, 0.3) is 5.78 Å². The van der Waals surface area contributed by atoms with Crippen molar-refractivity contribution in [3.63, 3.8) is 0 Å². The van der Waals surface area contributed by atoms with Gasteiger partial charge < -0.3 is 9.84 Å². The van der Waals surface area contributed by atoms with Crippen molar-refractivity contribution in [3.8, 4) is 5.75 Å². The molecule has 210 valence electrons. The molecule has 1 atom stereocenters. The number of rotatable bonds is 10. The van der Waals surface area contributed by atoms with E-state index in [0.29, 0.717) is 33.0 Å². The molecule has 1 aromatic heterocycles. The lowest BCUT2D eigenvalue weighted by Gasteiger charge is -2.22. The Hall–Kier alpha value is -3.73. The minimum absolute atomic E-state index is 0.0540. The van der Waals surface area contributed by atoms with Crippen LogP contribution in [0, 0.1) is 5.82 Å². The fourth-order valence-corrected chi connectivity index (χ4v) is 6.25. The van der Waals surface area contributed by atoms with Crippen LogP contribution in [0.1, 0.15) is 42.5 Å². The number of nitrogens with zero attached hydrogens (tertiary/aromatic N) is 3. The van der Waals surface area contributed by atoms with Crippen molar-refractivity contribution in [2.75, 3.05) is 11.5 Å².